The molecule has 0 spiro atoms. The molecule has 1 aromatic heterocycles. The number of nitrogens with one attached hydrogen (secondary N) is 1. The van der Waals surface area contributed by atoms with E-state index in [-0.39, 0.29) is 18.9 Å². The third-order valence-corrected chi connectivity index (χ3v) is 3.47. The number of anilines is 1. The highest BCUT2D eigenvalue weighted by Crippen LogP contribution is 2.38. The van der Waals surface area contributed by atoms with Crippen molar-refractivity contribution in [2.24, 2.45) is 5.92 Å². The molecule has 0 radical (unpaired) electrons. The number of rotatable bonds is 2. The van der Waals surface area contributed by atoms with Crippen LogP contribution in [0.25, 0.3) is 0 Å². The van der Waals surface area contributed by atoms with E-state index in [2.05, 4.69) is 10.3 Å². The van der Waals surface area contributed by atoms with Gasteiger partial charge in [-0.1, -0.05) is 17.7 Å². The smallest absolute Gasteiger partial charge is 0.367 e. The van der Waals surface area contributed by atoms with E-state index >= 15 is 0 Å². The predicted molar refractivity (Wildman–Crippen MR) is 64.7 cm³/mol. The van der Waals surface area contributed by atoms with Gasteiger partial charge in [-0.25, -0.2) is 4.98 Å². The summed E-state index contributed by atoms with van der Waals surface area (Å²) in [6, 6.07) is 5.24. The second-order valence-electron chi connectivity index (χ2n) is 4.58. The molecule has 1 aliphatic carbocycles. The van der Waals surface area contributed by atoms with E-state index in [1.165, 1.54) is 0 Å². The van der Waals surface area contributed by atoms with E-state index in [4.69, 9.17) is 11.6 Å². The van der Waals surface area contributed by atoms with E-state index in [0.717, 1.165) is 0 Å². The zero-order chi connectivity index (χ0) is 13.2. The largest absolute Gasteiger partial charge is 0.391 e. The number of hydrogen-bond donors (Lipinski definition) is 1. The van der Waals surface area contributed by atoms with E-state index < -0.39 is 12.1 Å². The average Bonchev–Trinajstić information content (AvgIpc) is 2.28. The molecular formula is C12H14ClF3N2. The van der Waals surface area contributed by atoms with Crippen molar-refractivity contribution in [3.8, 4) is 0 Å². The molecule has 100 valence electrons. The minimum absolute atomic E-state index is 0.0505. The average molecular weight is 279 g/mol. The van der Waals surface area contributed by atoms with Gasteiger partial charge in [0.25, 0.3) is 0 Å². The quantitative estimate of drug-likeness (QED) is 0.817. The van der Waals surface area contributed by atoms with Crippen molar-refractivity contribution in [1.82, 2.24) is 4.98 Å². The van der Waals surface area contributed by atoms with Gasteiger partial charge in [0, 0.05) is 6.04 Å². The van der Waals surface area contributed by atoms with Gasteiger partial charge in [-0.3, -0.25) is 0 Å². The monoisotopic (exact) mass is 278 g/mol. The number of halogens is 4. The van der Waals surface area contributed by atoms with Crippen LogP contribution in [0.3, 0.4) is 0 Å². The molecule has 0 unspecified atom stereocenters. The van der Waals surface area contributed by atoms with Crippen molar-refractivity contribution in [3.63, 3.8) is 0 Å². The van der Waals surface area contributed by atoms with Gasteiger partial charge >= 0.3 is 6.18 Å². The minimum atomic E-state index is -4.06. The molecule has 0 atom stereocenters. The van der Waals surface area contributed by atoms with Gasteiger partial charge < -0.3 is 5.32 Å². The van der Waals surface area contributed by atoms with Gasteiger partial charge in [0.05, 0.1) is 5.92 Å². The van der Waals surface area contributed by atoms with Crippen LogP contribution in [0.2, 0.25) is 5.15 Å². The third-order valence-electron chi connectivity index (χ3n) is 3.26. The molecule has 0 bridgehead atoms. The van der Waals surface area contributed by atoms with Crippen LogP contribution in [0.5, 0.6) is 0 Å². The molecule has 1 fully saturated rings. The first-order valence-corrected chi connectivity index (χ1v) is 6.29. The Morgan fingerprint density at radius 1 is 1.17 bits per heavy atom. The van der Waals surface area contributed by atoms with Crippen molar-refractivity contribution in [1.29, 1.82) is 0 Å². The lowest BCUT2D eigenvalue weighted by Crippen LogP contribution is -2.33. The Hall–Kier alpha value is -0.970. The Bertz CT molecular complexity index is 401. The number of hydrogen-bond acceptors (Lipinski definition) is 2. The van der Waals surface area contributed by atoms with E-state index in [9.17, 15) is 13.2 Å². The fourth-order valence-electron chi connectivity index (χ4n) is 2.26. The Morgan fingerprint density at radius 3 is 2.39 bits per heavy atom. The maximum atomic E-state index is 12.5. The molecule has 2 nitrogen and oxygen atoms in total. The van der Waals surface area contributed by atoms with Crippen LogP contribution < -0.4 is 5.32 Å². The molecule has 0 aromatic carbocycles. The summed E-state index contributed by atoms with van der Waals surface area (Å²) < 4.78 is 37.5. The summed E-state index contributed by atoms with van der Waals surface area (Å²) in [6.45, 7) is 0. The van der Waals surface area contributed by atoms with Crippen LogP contribution in [0.4, 0.5) is 19.0 Å². The molecule has 1 aliphatic rings. The normalized spacial score (nSPS) is 24.9. The molecule has 1 heterocycles. The Kier molecular flexibility index (Phi) is 4.00. The van der Waals surface area contributed by atoms with Gasteiger partial charge in [-0.15, -0.1) is 0 Å². The van der Waals surface area contributed by atoms with E-state index in [1.807, 2.05) is 0 Å². The van der Waals surface area contributed by atoms with Crippen molar-refractivity contribution in [3.05, 3.63) is 23.4 Å². The number of pyridine rings is 1. The molecule has 1 N–H and O–H groups in total. The highest BCUT2D eigenvalue weighted by molar-refractivity contribution is 6.29. The third kappa shape index (κ3) is 3.51. The summed E-state index contributed by atoms with van der Waals surface area (Å²) >= 11 is 5.75. The maximum Gasteiger partial charge on any atom is 0.391 e. The number of nitrogens with zero attached hydrogens (tertiary/aromatic N) is 1. The summed E-state index contributed by atoms with van der Waals surface area (Å²) in [7, 11) is 0. The summed E-state index contributed by atoms with van der Waals surface area (Å²) in [6.07, 6.45) is -2.67. The second kappa shape index (κ2) is 5.34. The minimum Gasteiger partial charge on any atom is -0.367 e. The van der Waals surface area contributed by atoms with Crippen LogP contribution in [0.1, 0.15) is 25.7 Å². The molecule has 0 saturated heterocycles. The predicted octanol–water partition coefficient (Wildman–Crippen LogP) is 4.27. The Labute approximate surface area is 109 Å². The fraction of sp³-hybridized carbons (Fsp3) is 0.583. The van der Waals surface area contributed by atoms with Gasteiger partial charge in [-0.2, -0.15) is 13.2 Å². The molecule has 0 aliphatic heterocycles. The second-order valence-corrected chi connectivity index (χ2v) is 4.97. The van der Waals surface area contributed by atoms with Gasteiger partial charge in [0.2, 0.25) is 0 Å². The highest BCUT2D eigenvalue weighted by Gasteiger charge is 2.41. The SMILES string of the molecule is FC(F)(F)C1CCC(Nc2cccc(Cl)n2)CC1. The molecule has 1 saturated carbocycles. The molecule has 6 heteroatoms. The number of alkyl halides is 3. The summed E-state index contributed by atoms with van der Waals surface area (Å²) in [5.41, 5.74) is 0. The first-order valence-electron chi connectivity index (χ1n) is 5.91. The van der Waals surface area contributed by atoms with Crippen LogP contribution in [-0.4, -0.2) is 17.2 Å². The fourth-order valence-corrected chi connectivity index (χ4v) is 2.43. The van der Waals surface area contributed by atoms with Gasteiger partial charge in [-0.05, 0) is 37.8 Å². The lowest BCUT2D eigenvalue weighted by molar-refractivity contribution is -0.182. The molecule has 1 aromatic rings. The van der Waals surface area contributed by atoms with Crippen molar-refractivity contribution in [2.75, 3.05) is 5.32 Å². The number of aromatic nitrogens is 1. The van der Waals surface area contributed by atoms with Crippen LogP contribution in [-0.2, 0) is 0 Å². The topological polar surface area (TPSA) is 24.9 Å². The zero-order valence-electron chi connectivity index (χ0n) is 9.67. The first-order chi connectivity index (χ1) is 8.45. The van der Waals surface area contributed by atoms with Gasteiger partial charge in [0.1, 0.15) is 11.0 Å². The summed E-state index contributed by atoms with van der Waals surface area (Å²) in [4.78, 5) is 4.07. The lowest BCUT2D eigenvalue weighted by Gasteiger charge is -2.30. The zero-order valence-corrected chi connectivity index (χ0v) is 10.4. The Morgan fingerprint density at radius 2 is 1.83 bits per heavy atom. The highest BCUT2D eigenvalue weighted by atomic mass is 35.5. The van der Waals surface area contributed by atoms with Crippen molar-refractivity contribution in [2.45, 2.75) is 37.9 Å². The van der Waals surface area contributed by atoms with Crippen LogP contribution in [0, 0.1) is 5.92 Å². The molecule has 18 heavy (non-hydrogen) atoms. The van der Waals surface area contributed by atoms with Crippen LogP contribution >= 0.6 is 11.6 Å². The van der Waals surface area contributed by atoms with E-state index in [1.54, 1.807) is 18.2 Å². The van der Waals surface area contributed by atoms with E-state index in [0.29, 0.717) is 23.8 Å². The maximum absolute atomic E-state index is 12.5. The standard InChI is InChI=1S/C12H14ClF3N2/c13-10-2-1-3-11(18-10)17-9-6-4-8(5-7-9)12(14,15)16/h1-3,8-9H,4-7H2,(H,17,18). The van der Waals surface area contributed by atoms with Crippen molar-refractivity contribution >= 4 is 17.4 Å². The van der Waals surface area contributed by atoms with Gasteiger partial charge in [0.15, 0.2) is 0 Å². The summed E-state index contributed by atoms with van der Waals surface area (Å²) in [5, 5.41) is 3.51. The molecular weight excluding hydrogens is 265 g/mol. The molecule has 0 amide bonds. The molecule has 2 rings (SSSR count). The van der Waals surface area contributed by atoms with Crippen molar-refractivity contribution < 1.29 is 13.2 Å². The van der Waals surface area contributed by atoms with Crippen LogP contribution in [0.15, 0.2) is 18.2 Å². The summed E-state index contributed by atoms with van der Waals surface area (Å²) in [5.74, 6) is -0.527. The first kappa shape index (κ1) is 13.5. The lowest BCUT2D eigenvalue weighted by atomic mass is 9.85. The Balaban J connectivity index is 1.87.